The third kappa shape index (κ3) is 5.74. The van der Waals surface area contributed by atoms with Gasteiger partial charge in [-0.25, -0.2) is 0 Å². The summed E-state index contributed by atoms with van der Waals surface area (Å²) in [6.45, 7) is 2.43. The molecule has 1 heterocycles. The first-order valence-corrected chi connectivity index (χ1v) is 10.2. The lowest BCUT2D eigenvalue weighted by Gasteiger charge is -2.08. The quantitative estimate of drug-likeness (QED) is 0.540. The van der Waals surface area contributed by atoms with E-state index < -0.39 is 0 Å². The van der Waals surface area contributed by atoms with Crippen molar-refractivity contribution in [2.24, 2.45) is 7.05 Å². The fraction of sp³-hybridized carbons (Fsp3) is 0.286. The molecule has 0 saturated heterocycles. The molecule has 0 unspecified atom stereocenters. The van der Waals surface area contributed by atoms with Crippen LogP contribution in [0.4, 0.5) is 5.69 Å². The Balaban J connectivity index is 1.51. The summed E-state index contributed by atoms with van der Waals surface area (Å²) in [4.78, 5) is 12.2. The third-order valence-corrected chi connectivity index (χ3v) is 5.33. The van der Waals surface area contributed by atoms with Crippen molar-refractivity contribution in [3.05, 3.63) is 59.9 Å². The topological polar surface area (TPSA) is 78.3 Å². The SMILES string of the molecule is CCc1ccc(OCc2nnc(SCC(=O)Nc3cccc(OC)c3)n2C)cc1. The van der Waals surface area contributed by atoms with Crippen molar-refractivity contribution < 1.29 is 14.3 Å². The first kappa shape index (κ1) is 20.7. The highest BCUT2D eigenvalue weighted by Gasteiger charge is 2.12. The van der Waals surface area contributed by atoms with E-state index in [0.29, 0.717) is 29.0 Å². The number of methoxy groups -OCH3 is 1. The number of thioether (sulfide) groups is 1. The van der Waals surface area contributed by atoms with Gasteiger partial charge in [0.1, 0.15) is 18.1 Å². The molecule has 0 aliphatic heterocycles. The van der Waals surface area contributed by atoms with Crippen LogP contribution in [-0.4, -0.2) is 33.5 Å². The zero-order valence-corrected chi connectivity index (χ0v) is 17.5. The molecule has 3 aromatic rings. The van der Waals surface area contributed by atoms with Gasteiger partial charge in [0.2, 0.25) is 5.91 Å². The molecule has 152 valence electrons. The van der Waals surface area contributed by atoms with E-state index in [2.05, 4.69) is 22.4 Å². The molecule has 29 heavy (non-hydrogen) atoms. The Kier molecular flexibility index (Phi) is 7.13. The van der Waals surface area contributed by atoms with Gasteiger partial charge in [-0.05, 0) is 36.2 Å². The number of carbonyl (C=O) groups excluding carboxylic acids is 1. The molecule has 0 aliphatic rings. The lowest BCUT2D eigenvalue weighted by molar-refractivity contribution is -0.113. The van der Waals surface area contributed by atoms with Gasteiger partial charge in [0.25, 0.3) is 0 Å². The molecular weight excluding hydrogens is 388 g/mol. The second-order valence-corrected chi connectivity index (χ2v) is 7.26. The lowest BCUT2D eigenvalue weighted by atomic mass is 10.2. The molecule has 0 fully saturated rings. The molecule has 8 heteroatoms. The normalized spacial score (nSPS) is 10.6. The number of hydrogen-bond donors (Lipinski definition) is 1. The number of ether oxygens (including phenoxy) is 2. The van der Waals surface area contributed by atoms with Gasteiger partial charge in [-0.15, -0.1) is 10.2 Å². The Bertz CT molecular complexity index is 957. The van der Waals surface area contributed by atoms with Crippen LogP contribution in [0.1, 0.15) is 18.3 Å². The maximum absolute atomic E-state index is 12.2. The predicted octanol–water partition coefficient (Wildman–Crippen LogP) is 3.70. The van der Waals surface area contributed by atoms with E-state index in [1.807, 2.05) is 54.1 Å². The van der Waals surface area contributed by atoms with Crippen molar-refractivity contribution >= 4 is 23.4 Å². The molecule has 0 bridgehead atoms. The van der Waals surface area contributed by atoms with Crippen molar-refractivity contribution in [1.29, 1.82) is 0 Å². The van der Waals surface area contributed by atoms with E-state index in [-0.39, 0.29) is 11.7 Å². The molecule has 3 rings (SSSR count). The lowest BCUT2D eigenvalue weighted by Crippen LogP contribution is -2.14. The molecule has 1 aromatic heterocycles. The first-order chi connectivity index (χ1) is 14.1. The molecular formula is C21H24N4O3S. The van der Waals surface area contributed by atoms with E-state index in [4.69, 9.17) is 9.47 Å². The van der Waals surface area contributed by atoms with Crippen LogP contribution in [0.25, 0.3) is 0 Å². The fourth-order valence-corrected chi connectivity index (χ4v) is 3.32. The van der Waals surface area contributed by atoms with Gasteiger partial charge in [0.05, 0.1) is 12.9 Å². The number of nitrogens with zero attached hydrogens (tertiary/aromatic N) is 3. The van der Waals surface area contributed by atoms with Crippen molar-refractivity contribution in [2.45, 2.75) is 25.1 Å². The van der Waals surface area contributed by atoms with Gasteiger partial charge in [-0.3, -0.25) is 4.79 Å². The van der Waals surface area contributed by atoms with Crippen LogP contribution in [0.2, 0.25) is 0 Å². The molecule has 0 saturated carbocycles. The monoisotopic (exact) mass is 412 g/mol. The molecule has 1 amide bonds. The van der Waals surface area contributed by atoms with Gasteiger partial charge in [0.15, 0.2) is 11.0 Å². The zero-order valence-electron chi connectivity index (χ0n) is 16.7. The van der Waals surface area contributed by atoms with Gasteiger partial charge >= 0.3 is 0 Å². The van der Waals surface area contributed by atoms with Gasteiger partial charge < -0.3 is 19.4 Å². The highest BCUT2D eigenvalue weighted by atomic mass is 32.2. The summed E-state index contributed by atoms with van der Waals surface area (Å²) in [6.07, 6.45) is 0.996. The van der Waals surface area contributed by atoms with E-state index in [1.54, 1.807) is 13.2 Å². The number of rotatable bonds is 9. The number of amides is 1. The summed E-state index contributed by atoms with van der Waals surface area (Å²) in [7, 11) is 3.45. The minimum Gasteiger partial charge on any atom is -0.497 e. The number of anilines is 1. The molecule has 0 spiro atoms. The van der Waals surface area contributed by atoms with Crippen molar-refractivity contribution in [3.63, 3.8) is 0 Å². The summed E-state index contributed by atoms with van der Waals surface area (Å²) in [5.74, 6) is 2.28. The molecule has 0 atom stereocenters. The second kappa shape index (κ2) is 9.97. The van der Waals surface area contributed by atoms with Crippen LogP contribution in [0.15, 0.2) is 53.7 Å². The second-order valence-electron chi connectivity index (χ2n) is 6.31. The zero-order chi connectivity index (χ0) is 20.6. The number of hydrogen-bond acceptors (Lipinski definition) is 6. The fourth-order valence-electron chi connectivity index (χ4n) is 2.59. The van der Waals surface area contributed by atoms with Crippen LogP contribution < -0.4 is 14.8 Å². The van der Waals surface area contributed by atoms with Crippen molar-refractivity contribution in [3.8, 4) is 11.5 Å². The Morgan fingerprint density at radius 2 is 1.93 bits per heavy atom. The Morgan fingerprint density at radius 1 is 1.14 bits per heavy atom. The summed E-state index contributed by atoms with van der Waals surface area (Å²) >= 11 is 1.32. The third-order valence-electron chi connectivity index (χ3n) is 4.31. The van der Waals surface area contributed by atoms with E-state index >= 15 is 0 Å². The van der Waals surface area contributed by atoms with Gasteiger partial charge in [-0.1, -0.05) is 36.9 Å². The summed E-state index contributed by atoms with van der Waals surface area (Å²) in [5, 5.41) is 11.8. The highest BCUT2D eigenvalue weighted by Crippen LogP contribution is 2.20. The standard InChI is InChI=1S/C21H24N4O3S/c1-4-15-8-10-17(11-9-15)28-13-19-23-24-21(25(19)2)29-14-20(26)22-16-6-5-7-18(12-16)27-3/h5-12H,4,13-14H2,1-3H3,(H,22,26). The smallest absolute Gasteiger partial charge is 0.234 e. The number of benzene rings is 2. The maximum Gasteiger partial charge on any atom is 0.234 e. The van der Waals surface area contributed by atoms with Crippen LogP contribution in [0.5, 0.6) is 11.5 Å². The van der Waals surface area contributed by atoms with Crippen LogP contribution >= 0.6 is 11.8 Å². The minimum absolute atomic E-state index is 0.125. The molecule has 0 radical (unpaired) electrons. The van der Waals surface area contributed by atoms with Crippen LogP contribution in [0.3, 0.4) is 0 Å². The molecule has 1 N–H and O–H groups in total. The van der Waals surface area contributed by atoms with E-state index in [1.165, 1.54) is 17.3 Å². The molecule has 0 aliphatic carbocycles. The number of aryl methyl sites for hydroxylation is 1. The summed E-state index contributed by atoms with van der Waals surface area (Å²) in [5.41, 5.74) is 1.96. The maximum atomic E-state index is 12.2. The Labute approximate surface area is 174 Å². The van der Waals surface area contributed by atoms with Gasteiger partial charge in [-0.2, -0.15) is 0 Å². The average molecular weight is 413 g/mol. The Hall–Kier alpha value is -3.00. The predicted molar refractivity (Wildman–Crippen MR) is 114 cm³/mol. The molecule has 2 aromatic carbocycles. The first-order valence-electron chi connectivity index (χ1n) is 9.25. The van der Waals surface area contributed by atoms with Crippen molar-refractivity contribution in [1.82, 2.24) is 14.8 Å². The van der Waals surface area contributed by atoms with Gasteiger partial charge in [0, 0.05) is 18.8 Å². The minimum atomic E-state index is -0.125. The van der Waals surface area contributed by atoms with E-state index in [0.717, 1.165) is 12.2 Å². The number of carbonyl (C=O) groups is 1. The van der Waals surface area contributed by atoms with Crippen molar-refractivity contribution in [2.75, 3.05) is 18.2 Å². The molecule has 7 nitrogen and oxygen atoms in total. The summed E-state index contributed by atoms with van der Waals surface area (Å²) in [6, 6.07) is 15.2. The number of aromatic nitrogens is 3. The highest BCUT2D eigenvalue weighted by molar-refractivity contribution is 7.99. The van der Waals surface area contributed by atoms with Crippen LogP contribution in [-0.2, 0) is 24.9 Å². The summed E-state index contributed by atoms with van der Waals surface area (Å²) < 4.78 is 12.8. The number of nitrogens with one attached hydrogen (secondary N) is 1. The Morgan fingerprint density at radius 3 is 2.66 bits per heavy atom. The van der Waals surface area contributed by atoms with Crippen LogP contribution in [0, 0.1) is 0 Å². The largest absolute Gasteiger partial charge is 0.497 e. The average Bonchev–Trinajstić information content (AvgIpc) is 3.10. The van der Waals surface area contributed by atoms with E-state index in [9.17, 15) is 4.79 Å².